The summed E-state index contributed by atoms with van der Waals surface area (Å²) >= 11 is 0. The molecule has 0 atom stereocenters. The van der Waals surface area contributed by atoms with E-state index in [9.17, 15) is 4.79 Å². The van der Waals surface area contributed by atoms with E-state index in [-0.39, 0.29) is 5.41 Å². The van der Waals surface area contributed by atoms with Crippen LogP contribution in [-0.4, -0.2) is 11.1 Å². The summed E-state index contributed by atoms with van der Waals surface area (Å²) in [5.74, 6) is -0.824. The Bertz CT molecular complexity index is 247. The van der Waals surface area contributed by atoms with E-state index in [1.165, 1.54) is 44.9 Å². The largest absolute Gasteiger partial charge is 0.478 e. The molecule has 0 aromatic rings. The molecule has 1 aliphatic rings. The van der Waals surface area contributed by atoms with Crippen molar-refractivity contribution in [2.24, 2.45) is 5.41 Å². The van der Waals surface area contributed by atoms with Gasteiger partial charge in [-0.15, -0.1) is 0 Å². The van der Waals surface area contributed by atoms with Gasteiger partial charge >= 0.3 is 5.97 Å². The molecule has 2 heteroatoms. The molecule has 92 valence electrons. The quantitative estimate of drug-likeness (QED) is 0.728. The first-order valence-corrected chi connectivity index (χ1v) is 6.51. The lowest BCUT2D eigenvalue weighted by atomic mass is 9.70. The first-order chi connectivity index (χ1) is 7.59. The normalized spacial score (nSPS) is 20.8. The van der Waals surface area contributed by atoms with Gasteiger partial charge in [-0.1, -0.05) is 52.0 Å². The molecule has 0 spiro atoms. The molecule has 0 aliphatic heterocycles. The first kappa shape index (κ1) is 13.3. The minimum Gasteiger partial charge on any atom is -0.478 e. The maximum Gasteiger partial charge on any atom is 0.330 e. The van der Waals surface area contributed by atoms with Gasteiger partial charge in [0, 0.05) is 5.57 Å². The second-order valence-electron chi connectivity index (χ2n) is 5.21. The van der Waals surface area contributed by atoms with E-state index in [0.717, 1.165) is 6.42 Å². The Balaban J connectivity index is 2.65. The Morgan fingerprint density at radius 3 is 2.12 bits per heavy atom. The Labute approximate surface area is 98.7 Å². The van der Waals surface area contributed by atoms with Gasteiger partial charge in [0.1, 0.15) is 0 Å². The summed E-state index contributed by atoms with van der Waals surface area (Å²) < 4.78 is 0. The predicted molar refractivity (Wildman–Crippen MR) is 66.4 cm³/mol. The summed E-state index contributed by atoms with van der Waals surface area (Å²) in [4.78, 5) is 10.9. The van der Waals surface area contributed by atoms with Crippen molar-refractivity contribution in [3.63, 3.8) is 0 Å². The summed E-state index contributed by atoms with van der Waals surface area (Å²) in [7, 11) is 0. The number of aliphatic carboxylic acids is 1. The van der Waals surface area contributed by atoms with Crippen molar-refractivity contribution < 1.29 is 9.90 Å². The van der Waals surface area contributed by atoms with Gasteiger partial charge < -0.3 is 5.11 Å². The van der Waals surface area contributed by atoms with E-state index >= 15 is 0 Å². The third-order valence-electron chi connectivity index (χ3n) is 4.06. The van der Waals surface area contributed by atoms with E-state index in [1.54, 1.807) is 0 Å². The van der Waals surface area contributed by atoms with E-state index in [1.807, 2.05) is 0 Å². The van der Waals surface area contributed by atoms with Crippen LogP contribution >= 0.6 is 0 Å². The van der Waals surface area contributed by atoms with Crippen LogP contribution in [0.5, 0.6) is 0 Å². The number of hydrogen-bond donors (Lipinski definition) is 1. The molecule has 0 heterocycles. The van der Waals surface area contributed by atoms with Crippen molar-refractivity contribution in [2.75, 3.05) is 0 Å². The van der Waals surface area contributed by atoms with Crippen molar-refractivity contribution in [3.8, 4) is 0 Å². The monoisotopic (exact) mass is 224 g/mol. The highest BCUT2D eigenvalue weighted by Gasteiger charge is 2.30. The maximum absolute atomic E-state index is 10.9. The Morgan fingerprint density at radius 1 is 1.19 bits per heavy atom. The van der Waals surface area contributed by atoms with E-state index in [0.29, 0.717) is 12.0 Å². The smallest absolute Gasteiger partial charge is 0.330 e. The van der Waals surface area contributed by atoms with Crippen molar-refractivity contribution in [1.29, 1.82) is 0 Å². The zero-order valence-corrected chi connectivity index (χ0v) is 10.4. The summed E-state index contributed by atoms with van der Waals surface area (Å²) in [6, 6.07) is 0. The molecule has 1 rings (SSSR count). The van der Waals surface area contributed by atoms with Crippen LogP contribution in [-0.2, 0) is 4.79 Å². The van der Waals surface area contributed by atoms with Gasteiger partial charge in [-0.3, -0.25) is 0 Å². The van der Waals surface area contributed by atoms with Crippen LogP contribution in [0, 0.1) is 5.41 Å². The van der Waals surface area contributed by atoms with Crippen LogP contribution in [0.4, 0.5) is 0 Å². The molecule has 0 saturated heterocycles. The van der Waals surface area contributed by atoms with Gasteiger partial charge in [0.2, 0.25) is 0 Å². The molecular formula is C14H24O2. The van der Waals surface area contributed by atoms with Crippen LogP contribution in [0.2, 0.25) is 0 Å². The summed E-state index contributed by atoms with van der Waals surface area (Å²) in [6.07, 6.45) is 10.6. The Kier molecular flexibility index (Phi) is 5.04. The molecule has 16 heavy (non-hydrogen) atoms. The second-order valence-corrected chi connectivity index (χ2v) is 5.21. The molecule has 2 nitrogen and oxygen atoms in total. The summed E-state index contributed by atoms with van der Waals surface area (Å²) in [6.45, 7) is 5.89. The van der Waals surface area contributed by atoms with Gasteiger partial charge in [0.15, 0.2) is 0 Å². The highest BCUT2D eigenvalue weighted by Crippen LogP contribution is 2.41. The zero-order valence-electron chi connectivity index (χ0n) is 10.4. The molecule has 0 aromatic heterocycles. The van der Waals surface area contributed by atoms with Gasteiger partial charge in [-0.05, 0) is 24.7 Å². The number of carboxylic acids is 1. The van der Waals surface area contributed by atoms with Gasteiger partial charge in [0.25, 0.3) is 0 Å². The van der Waals surface area contributed by atoms with Crippen LogP contribution < -0.4 is 0 Å². The van der Waals surface area contributed by atoms with E-state index in [2.05, 4.69) is 13.5 Å². The average molecular weight is 224 g/mol. The standard InChI is InChI=1S/C14H24O2/c1-3-14(11-12(2)13(15)16)9-7-5-4-6-8-10-14/h2-11H2,1H3,(H,15,16). The van der Waals surface area contributed by atoms with Crippen LogP contribution in [0.3, 0.4) is 0 Å². The van der Waals surface area contributed by atoms with Crippen molar-refractivity contribution in [1.82, 2.24) is 0 Å². The van der Waals surface area contributed by atoms with Crippen molar-refractivity contribution in [3.05, 3.63) is 12.2 Å². The second kappa shape index (κ2) is 6.07. The minimum absolute atomic E-state index is 0.218. The molecule has 1 aliphatic carbocycles. The van der Waals surface area contributed by atoms with Gasteiger partial charge in [0.05, 0.1) is 0 Å². The number of carbonyl (C=O) groups is 1. The fourth-order valence-corrected chi connectivity index (χ4v) is 2.84. The predicted octanol–water partition coefficient (Wildman–Crippen LogP) is 4.16. The van der Waals surface area contributed by atoms with Gasteiger partial charge in [-0.25, -0.2) is 4.79 Å². The lowest BCUT2D eigenvalue weighted by molar-refractivity contribution is -0.133. The fourth-order valence-electron chi connectivity index (χ4n) is 2.84. The average Bonchev–Trinajstić information content (AvgIpc) is 2.22. The molecule has 1 saturated carbocycles. The molecule has 1 N–H and O–H groups in total. The minimum atomic E-state index is -0.824. The molecular weight excluding hydrogens is 200 g/mol. The van der Waals surface area contributed by atoms with Crippen molar-refractivity contribution in [2.45, 2.75) is 64.7 Å². The topological polar surface area (TPSA) is 37.3 Å². The third-order valence-corrected chi connectivity index (χ3v) is 4.06. The van der Waals surface area contributed by atoms with Crippen LogP contribution in [0.1, 0.15) is 64.7 Å². The highest BCUT2D eigenvalue weighted by atomic mass is 16.4. The SMILES string of the molecule is C=C(CC1(CC)CCCCCCC1)C(=O)O. The lowest BCUT2D eigenvalue weighted by Crippen LogP contribution is -2.23. The number of carboxylic acid groups (broad SMARTS) is 1. The summed E-state index contributed by atoms with van der Waals surface area (Å²) in [5.41, 5.74) is 0.609. The van der Waals surface area contributed by atoms with Crippen LogP contribution in [0.15, 0.2) is 12.2 Å². The first-order valence-electron chi connectivity index (χ1n) is 6.51. The zero-order chi connectivity index (χ0) is 12.0. The van der Waals surface area contributed by atoms with Crippen LogP contribution in [0.25, 0.3) is 0 Å². The molecule has 0 radical (unpaired) electrons. The molecule has 0 amide bonds. The summed E-state index contributed by atoms with van der Waals surface area (Å²) in [5, 5.41) is 8.95. The Hall–Kier alpha value is -0.790. The molecule has 1 fully saturated rings. The maximum atomic E-state index is 10.9. The Morgan fingerprint density at radius 2 is 1.69 bits per heavy atom. The fraction of sp³-hybridized carbons (Fsp3) is 0.786. The molecule has 0 bridgehead atoms. The lowest BCUT2D eigenvalue weighted by Gasteiger charge is -2.34. The van der Waals surface area contributed by atoms with Crippen molar-refractivity contribution >= 4 is 5.97 Å². The van der Waals surface area contributed by atoms with Gasteiger partial charge in [-0.2, -0.15) is 0 Å². The third kappa shape index (κ3) is 3.66. The number of hydrogen-bond acceptors (Lipinski definition) is 1. The van der Waals surface area contributed by atoms with E-state index in [4.69, 9.17) is 5.11 Å². The molecule has 0 aromatic carbocycles. The molecule has 0 unspecified atom stereocenters. The van der Waals surface area contributed by atoms with E-state index < -0.39 is 5.97 Å². The highest BCUT2D eigenvalue weighted by molar-refractivity contribution is 5.85. The number of rotatable bonds is 4.